The predicted molar refractivity (Wildman–Crippen MR) is 232 cm³/mol. The van der Waals surface area contributed by atoms with Crippen LogP contribution in [0.4, 0.5) is 0 Å². The van der Waals surface area contributed by atoms with Gasteiger partial charge in [-0.2, -0.15) is 0 Å². The van der Waals surface area contributed by atoms with Crippen molar-refractivity contribution < 1.29 is 99.0 Å². The van der Waals surface area contributed by atoms with Gasteiger partial charge in [0, 0.05) is 17.3 Å². The number of ketones is 1. The molecule has 11 N–H and O–H groups in total. The van der Waals surface area contributed by atoms with Gasteiger partial charge in [0.05, 0.1) is 30.8 Å². The first kappa shape index (κ1) is 52.1. The van der Waals surface area contributed by atoms with Crippen molar-refractivity contribution >= 4 is 17.7 Å². The van der Waals surface area contributed by atoms with Crippen LogP contribution < -0.4 is 0 Å². The Kier molecular flexibility index (Phi) is 13.8. The van der Waals surface area contributed by atoms with Gasteiger partial charge in [0.1, 0.15) is 66.8 Å². The maximum Gasteiger partial charge on any atom is 0.335 e. The van der Waals surface area contributed by atoms with Crippen molar-refractivity contribution in [3.63, 3.8) is 0 Å². The molecule has 0 radical (unpaired) electrons. The van der Waals surface area contributed by atoms with Crippen LogP contribution in [-0.4, -0.2) is 185 Å². The quantitative estimate of drug-likeness (QED) is 0.101. The van der Waals surface area contributed by atoms with Gasteiger partial charge in [-0.3, -0.25) is 9.59 Å². The highest BCUT2D eigenvalue weighted by Gasteiger charge is 2.70. The number of aliphatic hydroxyl groups is 9. The zero-order valence-electron chi connectivity index (χ0n) is 39.9. The molecule has 20 heteroatoms. The van der Waals surface area contributed by atoms with Crippen molar-refractivity contribution in [3.8, 4) is 0 Å². The summed E-state index contributed by atoms with van der Waals surface area (Å²) in [5.41, 5.74) is -2.66. The number of ether oxygens (including phenoxy) is 6. The maximum atomic E-state index is 13.8. The molecule has 20 nitrogen and oxygen atoms in total. The summed E-state index contributed by atoms with van der Waals surface area (Å²) in [7, 11) is 0. The average molecular weight is 971 g/mol. The fraction of sp³-hybridized carbons (Fsp3) is 0.896. The molecule has 8 rings (SSSR count). The summed E-state index contributed by atoms with van der Waals surface area (Å²) in [6.45, 7) is 12.6. The minimum absolute atomic E-state index is 0.00356. The Labute approximate surface area is 395 Å². The van der Waals surface area contributed by atoms with E-state index in [-0.39, 0.29) is 52.8 Å². The van der Waals surface area contributed by atoms with Crippen molar-refractivity contribution in [2.75, 3.05) is 13.2 Å². The molecule has 25 atom stereocenters. The molecule has 0 spiro atoms. The molecule has 10 unspecified atom stereocenters. The second-order valence-corrected chi connectivity index (χ2v) is 23.1. The summed E-state index contributed by atoms with van der Waals surface area (Å²) in [5.74, 6) is -2.88. The number of rotatable bonds is 10. The molecule has 3 heterocycles. The summed E-state index contributed by atoms with van der Waals surface area (Å²) in [5, 5.41) is 118. The van der Waals surface area contributed by atoms with E-state index in [9.17, 15) is 70.6 Å². The topological polar surface area (TPSA) is 329 Å². The Morgan fingerprint density at radius 2 is 1.34 bits per heavy atom. The molecule has 7 fully saturated rings. The molecule has 0 aromatic heterocycles. The van der Waals surface area contributed by atoms with E-state index in [1.165, 1.54) is 12.5 Å². The third-order valence-electron chi connectivity index (χ3n) is 19.6. The molecule has 8 aliphatic rings. The number of aliphatic carboxylic acids is 2. The Morgan fingerprint density at radius 3 is 1.96 bits per heavy atom. The highest BCUT2D eigenvalue weighted by Crippen LogP contribution is 2.75. The molecular formula is C48H74O20. The van der Waals surface area contributed by atoms with Gasteiger partial charge < -0.3 is 84.6 Å². The van der Waals surface area contributed by atoms with Crippen LogP contribution in [0.25, 0.3) is 0 Å². The molecule has 3 saturated heterocycles. The van der Waals surface area contributed by atoms with Crippen LogP contribution in [0.5, 0.6) is 0 Å². The number of carboxylic acid groups (broad SMARTS) is 2. The molecule has 3 aliphatic heterocycles. The highest BCUT2D eigenvalue weighted by atomic mass is 16.8. The Bertz CT molecular complexity index is 1970. The van der Waals surface area contributed by atoms with E-state index in [2.05, 4.69) is 26.8 Å². The molecule has 68 heavy (non-hydrogen) atoms. The zero-order valence-corrected chi connectivity index (χ0v) is 39.9. The van der Waals surface area contributed by atoms with Gasteiger partial charge in [0.15, 0.2) is 25.0 Å². The van der Waals surface area contributed by atoms with Gasteiger partial charge in [-0.1, -0.05) is 46.3 Å². The van der Waals surface area contributed by atoms with E-state index in [0.29, 0.717) is 38.5 Å². The van der Waals surface area contributed by atoms with Gasteiger partial charge in [-0.25, -0.2) is 4.79 Å². The lowest BCUT2D eigenvalue weighted by atomic mass is 9.33. The second kappa shape index (κ2) is 18.0. The van der Waals surface area contributed by atoms with Crippen molar-refractivity contribution in [3.05, 3.63) is 11.6 Å². The lowest BCUT2D eigenvalue weighted by molar-refractivity contribution is -0.396. The molecule has 0 bridgehead atoms. The standard InChI is InChI=1S/C48H74O20/c1-20-28(52)30(54)34(58)39(63-20)67-36-31(55)29(53)23(18-49)64-40(36)68-37-33(57)32(56)35(38(59)60)66-41(37)65-27-11-12-45(4)24(46(27,5)19-50)10-13-48(7)25(45)9-8-21-22-16-43(2,42(61)62)17-26(51)44(22,3)14-15-47(21,48)6/h8,20,22-25,27-37,39-41,49-50,52-58H,9-19H2,1-7H3,(H,59,60)(H,61,62)/t20-,22?,23+,24?,25?,27?,28+,29-,30+,31-,32-,33-,34+,35-,36+,37+,39-,40-,41+,43?,44?,45?,46?,47?,48?/m0/s1. The van der Waals surface area contributed by atoms with Crippen molar-refractivity contribution in [1.29, 1.82) is 0 Å². The van der Waals surface area contributed by atoms with Crippen LogP contribution in [0.3, 0.4) is 0 Å². The summed E-state index contributed by atoms with van der Waals surface area (Å²) in [6.07, 6.45) is -20.5. The van der Waals surface area contributed by atoms with Crippen LogP contribution in [-0.2, 0) is 42.8 Å². The number of carbonyl (C=O) groups is 3. The van der Waals surface area contributed by atoms with Crippen molar-refractivity contribution in [2.24, 2.45) is 50.2 Å². The van der Waals surface area contributed by atoms with E-state index >= 15 is 0 Å². The third kappa shape index (κ3) is 7.77. The van der Waals surface area contributed by atoms with Crippen LogP contribution in [0.2, 0.25) is 0 Å². The van der Waals surface area contributed by atoms with Crippen molar-refractivity contribution in [2.45, 2.75) is 204 Å². The molecule has 5 aliphatic carbocycles. The number of Topliss-reactive ketones (excluding diaryl/α,β-unsaturated/α-hetero) is 1. The lowest BCUT2D eigenvalue weighted by Crippen LogP contribution is -2.68. The number of aliphatic hydroxyl groups excluding tert-OH is 9. The largest absolute Gasteiger partial charge is 0.481 e. The van der Waals surface area contributed by atoms with Crippen LogP contribution >= 0.6 is 0 Å². The fourth-order valence-electron chi connectivity index (χ4n) is 14.9. The van der Waals surface area contributed by atoms with Crippen LogP contribution in [0.15, 0.2) is 11.6 Å². The SMILES string of the molecule is C[C@@H]1O[C@@H](O[C@H]2[C@H](O[C@H]3[C@H](OC4CCC5(C)C(CCC6(C)C5CC=C5C7CC(C)(C(=O)O)CC(=O)C7(C)CCC56C)C4(C)CO)O[C@H](C(=O)O)[C@@H](O)[C@@H]3O)O[C@H](CO)[C@H](O)[C@@H]2O)[C@H](O)[C@H](O)[C@@H]1O. The second-order valence-electron chi connectivity index (χ2n) is 23.1. The third-order valence-corrected chi connectivity index (χ3v) is 19.6. The Morgan fingerprint density at radius 1 is 0.706 bits per heavy atom. The number of carbonyl (C=O) groups excluding carboxylic acids is 1. The number of allylic oxidation sites excluding steroid dienone is 2. The summed E-state index contributed by atoms with van der Waals surface area (Å²) in [6, 6.07) is 0. The monoisotopic (exact) mass is 970 g/mol. The van der Waals surface area contributed by atoms with Crippen LogP contribution in [0.1, 0.15) is 106 Å². The minimum atomic E-state index is -2.10. The number of hydrogen-bond acceptors (Lipinski definition) is 18. The minimum Gasteiger partial charge on any atom is -0.481 e. The number of hydrogen-bond donors (Lipinski definition) is 11. The van der Waals surface area contributed by atoms with Gasteiger partial charge >= 0.3 is 11.9 Å². The maximum absolute atomic E-state index is 13.8. The van der Waals surface area contributed by atoms with E-state index in [4.69, 9.17) is 28.4 Å². The average Bonchev–Trinajstić information content (AvgIpc) is 3.28. The van der Waals surface area contributed by atoms with E-state index < -0.39 is 133 Å². The van der Waals surface area contributed by atoms with Crippen molar-refractivity contribution in [1.82, 2.24) is 0 Å². The predicted octanol–water partition coefficient (Wildman–Crippen LogP) is -0.0225. The number of carboxylic acids is 2. The Hall–Kier alpha value is -2.25. The Balaban J connectivity index is 1.08. The van der Waals surface area contributed by atoms with Gasteiger partial charge in [0.2, 0.25) is 0 Å². The molecule has 0 amide bonds. The normalized spacial score (nSPS) is 54.9. The summed E-state index contributed by atoms with van der Waals surface area (Å²) >= 11 is 0. The molecule has 0 aromatic rings. The number of fused-ring (bicyclic) bond motifs is 7. The smallest absolute Gasteiger partial charge is 0.335 e. The highest BCUT2D eigenvalue weighted by molar-refractivity contribution is 5.92. The first-order valence-electron chi connectivity index (χ1n) is 24.3. The molecule has 0 aromatic carbocycles. The lowest BCUT2D eigenvalue weighted by Gasteiger charge is -2.71. The first-order chi connectivity index (χ1) is 31.7. The fourth-order valence-corrected chi connectivity index (χ4v) is 14.9. The summed E-state index contributed by atoms with van der Waals surface area (Å²) < 4.78 is 36.1. The molecule has 386 valence electrons. The van der Waals surface area contributed by atoms with E-state index in [1.807, 2.05) is 13.8 Å². The van der Waals surface area contributed by atoms with Crippen LogP contribution in [0, 0.1) is 50.2 Å². The summed E-state index contributed by atoms with van der Waals surface area (Å²) in [4.78, 5) is 38.9. The molecular weight excluding hydrogens is 897 g/mol. The first-order valence-corrected chi connectivity index (χ1v) is 24.3. The van der Waals surface area contributed by atoms with Gasteiger partial charge in [-0.05, 0) is 99.2 Å². The van der Waals surface area contributed by atoms with Gasteiger partial charge in [0.25, 0.3) is 0 Å². The van der Waals surface area contributed by atoms with Gasteiger partial charge in [-0.15, -0.1) is 0 Å². The van der Waals surface area contributed by atoms with E-state index in [0.717, 1.165) is 12.8 Å². The van der Waals surface area contributed by atoms with E-state index in [1.54, 1.807) is 6.92 Å². The zero-order chi connectivity index (χ0) is 50.0. The molecule has 4 saturated carbocycles.